The maximum Gasteiger partial charge on any atom is 0.238 e. The van der Waals surface area contributed by atoms with Gasteiger partial charge in [-0.15, -0.1) is 0 Å². The summed E-state index contributed by atoms with van der Waals surface area (Å²) in [4.78, 5) is 11.8. The van der Waals surface area contributed by atoms with Gasteiger partial charge in [0.25, 0.3) is 0 Å². The second-order valence-corrected chi connectivity index (χ2v) is 6.24. The van der Waals surface area contributed by atoms with Crippen LogP contribution in [0.3, 0.4) is 0 Å². The molecule has 1 aromatic carbocycles. The lowest BCUT2D eigenvalue weighted by molar-refractivity contribution is -0.116. The summed E-state index contributed by atoms with van der Waals surface area (Å²) >= 11 is 0. The van der Waals surface area contributed by atoms with E-state index in [1.54, 1.807) is 0 Å². The molecule has 0 spiro atoms. The molecule has 4 N–H and O–H groups in total. The highest BCUT2D eigenvalue weighted by molar-refractivity contribution is 7.89. The van der Waals surface area contributed by atoms with Crippen LogP contribution < -0.4 is 15.8 Å². The highest BCUT2D eigenvalue weighted by Gasteiger charge is 2.18. The maximum atomic E-state index is 11.8. The SMILES string of the molecule is NS(=O)(=O)c1ccc(NC(=O)CC2CCNC2)cc1. The van der Waals surface area contributed by atoms with E-state index in [9.17, 15) is 13.2 Å². The van der Waals surface area contributed by atoms with Gasteiger partial charge in [0.2, 0.25) is 15.9 Å². The van der Waals surface area contributed by atoms with Gasteiger partial charge in [-0.3, -0.25) is 4.79 Å². The van der Waals surface area contributed by atoms with Crippen molar-refractivity contribution in [2.75, 3.05) is 18.4 Å². The molecule has 0 radical (unpaired) electrons. The molecule has 0 saturated carbocycles. The molecule has 1 aliphatic rings. The predicted octanol–water partition coefficient (Wildman–Crippen LogP) is 0.272. The van der Waals surface area contributed by atoms with E-state index < -0.39 is 10.0 Å². The summed E-state index contributed by atoms with van der Waals surface area (Å²) in [5.41, 5.74) is 0.573. The molecule has 1 aromatic rings. The van der Waals surface area contributed by atoms with Crippen molar-refractivity contribution in [2.24, 2.45) is 11.1 Å². The van der Waals surface area contributed by atoms with Gasteiger partial charge < -0.3 is 10.6 Å². The zero-order valence-corrected chi connectivity index (χ0v) is 11.2. The molecule has 104 valence electrons. The zero-order valence-electron chi connectivity index (χ0n) is 10.4. The maximum absolute atomic E-state index is 11.8. The van der Waals surface area contributed by atoms with Gasteiger partial charge in [0.05, 0.1) is 4.90 Å². The molecular formula is C12H17N3O3S. The number of nitrogens with one attached hydrogen (secondary N) is 2. The summed E-state index contributed by atoms with van der Waals surface area (Å²) in [6.07, 6.45) is 1.49. The molecule has 1 aliphatic heterocycles. The first-order valence-electron chi connectivity index (χ1n) is 6.08. The Morgan fingerprint density at radius 3 is 2.58 bits per heavy atom. The van der Waals surface area contributed by atoms with Crippen molar-refractivity contribution in [3.8, 4) is 0 Å². The molecule has 1 saturated heterocycles. The fraction of sp³-hybridized carbons (Fsp3) is 0.417. The van der Waals surface area contributed by atoms with Gasteiger partial charge in [-0.25, -0.2) is 13.6 Å². The topological polar surface area (TPSA) is 101 Å². The lowest BCUT2D eigenvalue weighted by Gasteiger charge is -2.09. The molecule has 1 atom stereocenters. The minimum absolute atomic E-state index is 0.0329. The summed E-state index contributed by atoms with van der Waals surface area (Å²) in [6, 6.07) is 5.82. The summed E-state index contributed by atoms with van der Waals surface area (Å²) in [6.45, 7) is 1.83. The predicted molar refractivity (Wildman–Crippen MR) is 72.0 cm³/mol. The van der Waals surface area contributed by atoms with Crippen LogP contribution in [0.25, 0.3) is 0 Å². The number of carbonyl (C=O) groups excluding carboxylic acids is 1. The molecule has 19 heavy (non-hydrogen) atoms. The molecule has 2 rings (SSSR count). The number of amides is 1. The molecule has 1 fully saturated rings. The molecule has 1 unspecified atom stereocenters. The fourth-order valence-corrected chi connectivity index (χ4v) is 2.61. The number of sulfonamides is 1. The van der Waals surface area contributed by atoms with E-state index in [2.05, 4.69) is 10.6 Å². The summed E-state index contributed by atoms with van der Waals surface area (Å²) in [5, 5.41) is 10.9. The van der Waals surface area contributed by atoms with Crippen LogP contribution in [-0.2, 0) is 14.8 Å². The number of benzene rings is 1. The van der Waals surface area contributed by atoms with E-state index >= 15 is 0 Å². The monoisotopic (exact) mass is 283 g/mol. The Hall–Kier alpha value is -1.44. The normalized spacial score (nSPS) is 19.3. The smallest absolute Gasteiger partial charge is 0.238 e. The number of hydrogen-bond acceptors (Lipinski definition) is 4. The second-order valence-electron chi connectivity index (χ2n) is 4.68. The minimum Gasteiger partial charge on any atom is -0.326 e. The number of hydrogen-bond donors (Lipinski definition) is 3. The van der Waals surface area contributed by atoms with E-state index in [-0.39, 0.29) is 10.8 Å². The average molecular weight is 283 g/mol. The Morgan fingerprint density at radius 1 is 1.37 bits per heavy atom. The van der Waals surface area contributed by atoms with Gasteiger partial charge in [0, 0.05) is 12.1 Å². The number of primary sulfonamides is 1. The molecule has 0 aliphatic carbocycles. The largest absolute Gasteiger partial charge is 0.326 e. The molecular weight excluding hydrogens is 266 g/mol. The van der Waals surface area contributed by atoms with Crippen molar-refractivity contribution in [2.45, 2.75) is 17.7 Å². The summed E-state index contributed by atoms with van der Waals surface area (Å²) in [5.74, 6) is 0.320. The van der Waals surface area contributed by atoms with Gasteiger partial charge in [-0.05, 0) is 49.7 Å². The number of nitrogens with two attached hydrogens (primary N) is 1. The Labute approximate surface area is 112 Å². The van der Waals surface area contributed by atoms with Crippen LogP contribution in [0.5, 0.6) is 0 Å². The van der Waals surface area contributed by atoms with E-state index in [0.717, 1.165) is 19.5 Å². The molecule has 0 bridgehead atoms. The Morgan fingerprint density at radius 2 is 2.05 bits per heavy atom. The average Bonchev–Trinajstić information content (AvgIpc) is 2.81. The van der Waals surface area contributed by atoms with Crippen molar-refractivity contribution in [1.82, 2.24) is 5.32 Å². The van der Waals surface area contributed by atoms with E-state index in [1.807, 2.05) is 0 Å². The van der Waals surface area contributed by atoms with Crippen LogP contribution in [0.4, 0.5) is 5.69 Å². The van der Waals surface area contributed by atoms with Crippen LogP contribution in [0.15, 0.2) is 29.2 Å². The molecule has 6 nitrogen and oxygen atoms in total. The molecule has 0 aromatic heterocycles. The Kier molecular flexibility index (Phi) is 4.18. The first kappa shape index (κ1) is 14.0. The van der Waals surface area contributed by atoms with E-state index in [0.29, 0.717) is 18.0 Å². The summed E-state index contributed by atoms with van der Waals surface area (Å²) < 4.78 is 22.2. The van der Waals surface area contributed by atoms with Crippen LogP contribution in [0, 0.1) is 5.92 Å². The first-order chi connectivity index (χ1) is 8.95. The number of anilines is 1. The third-order valence-electron chi connectivity index (χ3n) is 3.10. The van der Waals surface area contributed by atoms with E-state index in [1.165, 1.54) is 24.3 Å². The van der Waals surface area contributed by atoms with Crippen molar-refractivity contribution >= 4 is 21.6 Å². The Bertz CT molecular complexity index is 548. The molecule has 1 amide bonds. The van der Waals surface area contributed by atoms with Gasteiger partial charge >= 0.3 is 0 Å². The van der Waals surface area contributed by atoms with Crippen molar-refractivity contribution < 1.29 is 13.2 Å². The van der Waals surface area contributed by atoms with Crippen molar-refractivity contribution in [3.63, 3.8) is 0 Å². The third kappa shape index (κ3) is 4.02. The minimum atomic E-state index is -3.69. The highest BCUT2D eigenvalue weighted by atomic mass is 32.2. The van der Waals surface area contributed by atoms with Gasteiger partial charge in [0.1, 0.15) is 0 Å². The number of rotatable bonds is 4. The third-order valence-corrected chi connectivity index (χ3v) is 4.03. The van der Waals surface area contributed by atoms with Gasteiger partial charge in [0.15, 0.2) is 0 Å². The molecule has 7 heteroatoms. The lowest BCUT2D eigenvalue weighted by atomic mass is 10.0. The quantitative estimate of drug-likeness (QED) is 0.738. The van der Waals surface area contributed by atoms with Crippen LogP contribution in [-0.4, -0.2) is 27.4 Å². The van der Waals surface area contributed by atoms with Crippen molar-refractivity contribution in [3.05, 3.63) is 24.3 Å². The van der Waals surface area contributed by atoms with Crippen LogP contribution in [0.1, 0.15) is 12.8 Å². The highest BCUT2D eigenvalue weighted by Crippen LogP contribution is 2.16. The molecule has 1 heterocycles. The second kappa shape index (κ2) is 5.68. The fourth-order valence-electron chi connectivity index (χ4n) is 2.09. The van der Waals surface area contributed by atoms with E-state index in [4.69, 9.17) is 5.14 Å². The number of carbonyl (C=O) groups is 1. The van der Waals surface area contributed by atoms with Gasteiger partial charge in [-0.1, -0.05) is 0 Å². The van der Waals surface area contributed by atoms with Crippen LogP contribution >= 0.6 is 0 Å². The first-order valence-corrected chi connectivity index (χ1v) is 7.63. The zero-order chi connectivity index (χ0) is 13.9. The lowest BCUT2D eigenvalue weighted by Crippen LogP contribution is -2.18. The van der Waals surface area contributed by atoms with Gasteiger partial charge in [-0.2, -0.15) is 0 Å². The summed E-state index contributed by atoms with van der Waals surface area (Å²) in [7, 11) is -3.69. The standard InChI is InChI=1S/C12H17N3O3S/c13-19(17,18)11-3-1-10(2-4-11)15-12(16)7-9-5-6-14-8-9/h1-4,9,14H,5-8H2,(H,15,16)(H2,13,17,18). The van der Waals surface area contributed by atoms with Crippen molar-refractivity contribution in [1.29, 1.82) is 0 Å². The Balaban J connectivity index is 1.93. The van der Waals surface area contributed by atoms with Crippen LogP contribution in [0.2, 0.25) is 0 Å².